The number of benzene rings is 1. The number of rotatable bonds is 4. The molecule has 3 rings (SSSR count). The molecule has 2 aliphatic rings. The Morgan fingerprint density at radius 3 is 2.54 bits per heavy atom. The van der Waals surface area contributed by atoms with Gasteiger partial charge in [-0.3, -0.25) is 4.90 Å². The summed E-state index contributed by atoms with van der Waals surface area (Å²) in [6, 6.07) is 3.83. The van der Waals surface area contributed by atoms with Crippen LogP contribution in [-0.4, -0.2) is 48.5 Å². The number of nitrogens with zero attached hydrogens (tertiary/aromatic N) is 1. The minimum Gasteiger partial charge on any atom is -0.493 e. The van der Waals surface area contributed by atoms with Crippen molar-refractivity contribution in [3.8, 4) is 11.5 Å². The lowest BCUT2D eigenvalue weighted by atomic mass is 9.77. The van der Waals surface area contributed by atoms with Gasteiger partial charge < -0.3 is 19.7 Å². The van der Waals surface area contributed by atoms with Crippen molar-refractivity contribution in [1.29, 1.82) is 0 Å². The third kappa shape index (κ3) is 2.89. The summed E-state index contributed by atoms with van der Waals surface area (Å²) in [5.74, 6) is 2.05. The predicted octanol–water partition coefficient (Wildman–Crippen LogP) is 2.13. The molecular formula is C19H29NO4. The van der Waals surface area contributed by atoms with Gasteiger partial charge in [-0.2, -0.15) is 0 Å². The molecule has 5 nitrogen and oxygen atoms in total. The molecule has 0 bridgehead atoms. The molecule has 2 heterocycles. The van der Waals surface area contributed by atoms with E-state index >= 15 is 0 Å². The normalized spacial score (nSPS) is 30.0. The number of aliphatic hydroxyl groups is 2. The van der Waals surface area contributed by atoms with Crippen molar-refractivity contribution < 1.29 is 19.7 Å². The first kappa shape index (κ1) is 17.5. The molecule has 2 aliphatic heterocycles. The summed E-state index contributed by atoms with van der Waals surface area (Å²) in [4.78, 5) is 2.13. The van der Waals surface area contributed by atoms with Crippen LogP contribution in [0.3, 0.4) is 0 Å². The van der Waals surface area contributed by atoms with Gasteiger partial charge in [0.15, 0.2) is 11.5 Å². The summed E-state index contributed by atoms with van der Waals surface area (Å²) in [5.41, 5.74) is 0.786. The highest BCUT2D eigenvalue weighted by Gasteiger charge is 2.48. The molecule has 3 atom stereocenters. The van der Waals surface area contributed by atoms with Gasteiger partial charge in [0.1, 0.15) is 5.72 Å². The molecule has 0 radical (unpaired) electrons. The van der Waals surface area contributed by atoms with Crippen LogP contribution in [0.15, 0.2) is 12.1 Å². The lowest BCUT2D eigenvalue weighted by Gasteiger charge is -2.51. The van der Waals surface area contributed by atoms with Crippen molar-refractivity contribution >= 4 is 0 Å². The van der Waals surface area contributed by atoms with E-state index in [9.17, 15) is 10.2 Å². The molecule has 24 heavy (non-hydrogen) atoms. The van der Waals surface area contributed by atoms with Gasteiger partial charge in [-0.15, -0.1) is 0 Å². The quantitative estimate of drug-likeness (QED) is 0.883. The smallest absolute Gasteiger partial charge is 0.161 e. The van der Waals surface area contributed by atoms with Crippen LogP contribution in [0.2, 0.25) is 0 Å². The number of fused-ring (bicyclic) bond motifs is 3. The lowest BCUT2D eigenvalue weighted by molar-refractivity contribution is -0.191. The van der Waals surface area contributed by atoms with Crippen molar-refractivity contribution in [2.45, 2.75) is 44.9 Å². The van der Waals surface area contributed by atoms with E-state index in [0.717, 1.165) is 37.1 Å². The Kier molecular flexibility index (Phi) is 4.78. The Hall–Kier alpha value is -1.30. The first-order chi connectivity index (χ1) is 11.4. The van der Waals surface area contributed by atoms with Crippen LogP contribution in [-0.2, 0) is 12.1 Å². The summed E-state index contributed by atoms with van der Waals surface area (Å²) in [6.45, 7) is 5.87. The molecule has 0 amide bonds. The van der Waals surface area contributed by atoms with Gasteiger partial charge in [0.2, 0.25) is 0 Å². The molecule has 1 aromatic carbocycles. The van der Waals surface area contributed by atoms with E-state index in [-0.39, 0.29) is 5.92 Å². The fourth-order valence-corrected chi connectivity index (χ4v) is 4.29. The highest BCUT2D eigenvalue weighted by Crippen LogP contribution is 2.46. The zero-order valence-corrected chi connectivity index (χ0v) is 15.1. The van der Waals surface area contributed by atoms with E-state index in [2.05, 4.69) is 18.7 Å². The zero-order valence-electron chi connectivity index (χ0n) is 15.1. The molecule has 0 aliphatic carbocycles. The molecule has 3 unspecified atom stereocenters. The van der Waals surface area contributed by atoms with E-state index < -0.39 is 11.8 Å². The van der Waals surface area contributed by atoms with Gasteiger partial charge in [0.25, 0.3) is 0 Å². The molecule has 1 fully saturated rings. The summed E-state index contributed by atoms with van der Waals surface area (Å²) in [7, 11) is 3.22. The molecule has 1 saturated heterocycles. The fraction of sp³-hybridized carbons (Fsp3) is 0.684. The first-order valence-electron chi connectivity index (χ1n) is 8.80. The first-order valence-corrected chi connectivity index (χ1v) is 8.80. The lowest BCUT2D eigenvalue weighted by Crippen LogP contribution is -2.59. The van der Waals surface area contributed by atoms with Gasteiger partial charge in [0.05, 0.1) is 20.3 Å². The summed E-state index contributed by atoms with van der Waals surface area (Å²) in [6.07, 6.45) is 1.69. The molecule has 0 spiro atoms. The molecule has 134 valence electrons. The van der Waals surface area contributed by atoms with Gasteiger partial charge in [-0.1, -0.05) is 13.8 Å². The molecule has 1 aromatic rings. The Labute approximate surface area is 144 Å². The van der Waals surface area contributed by atoms with Gasteiger partial charge in [-0.05, 0) is 42.4 Å². The van der Waals surface area contributed by atoms with Crippen molar-refractivity contribution in [1.82, 2.24) is 4.90 Å². The predicted molar refractivity (Wildman–Crippen MR) is 92.3 cm³/mol. The number of ether oxygens (including phenoxy) is 2. The average Bonchev–Trinajstić information content (AvgIpc) is 2.54. The van der Waals surface area contributed by atoms with E-state index in [1.54, 1.807) is 14.2 Å². The maximum atomic E-state index is 11.4. The monoisotopic (exact) mass is 335 g/mol. The van der Waals surface area contributed by atoms with Gasteiger partial charge >= 0.3 is 0 Å². The van der Waals surface area contributed by atoms with Crippen LogP contribution in [0, 0.1) is 11.8 Å². The summed E-state index contributed by atoms with van der Waals surface area (Å²) >= 11 is 0. The second-order valence-corrected chi connectivity index (χ2v) is 7.54. The number of hydrogen-bond donors (Lipinski definition) is 2. The Morgan fingerprint density at radius 2 is 1.92 bits per heavy atom. The topological polar surface area (TPSA) is 62.2 Å². The van der Waals surface area contributed by atoms with Crippen LogP contribution in [0.1, 0.15) is 37.8 Å². The third-order valence-electron chi connectivity index (χ3n) is 5.48. The second-order valence-electron chi connectivity index (χ2n) is 7.54. The molecule has 2 N–H and O–H groups in total. The van der Waals surface area contributed by atoms with Gasteiger partial charge in [0, 0.05) is 25.1 Å². The maximum absolute atomic E-state index is 11.4. The standard InChI is InChI=1S/C19H29NO4/c1-12(2)7-14-11-20-6-5-13-8-17(23-3)18(24-4)9-15(13)19(20,22)10-16(14)21/h8-9,12,14,16,21-22H,5-7,10-11H2,1-4H3. The van der Waals surface area contributed by atoms with Crippen LogP contribution >= 0.6 is 0 Å². The zero-order chi connectivity index (χ0) is 17.5. The summed E-state index contributed by atoms with van der Waals surface area (Å²) in [5, 5.41) is 22.1. The Bertz CT molecular complexity index is 603. The van der Waals surface area contributed by atoms with Crippen molar-refractivity contribution in [2.75, 3.05) is 27.3 Å². The number of hydrogen-bond acceptors (Lipinski definition) is 5. The number of piperidine rings is 1. The fourth-order valence-electron chi connectivity index (χ4n) is 4.29. The van der Waals surface area contributed by atoms with E-state index in [4.69, 9.17) is 9.47 Å². The maximum Gasteiger partial charge on any atom is 0.161 e. The van der Waals surface area contributed by atoms with Crippen LogP contribution in [0.25, 0.3) is 0 Å². The minimum absolute atomic E-state index is 0.215. The number of aliphatic hydroxyl groups excluding tert-OH is 1. The Morgan fingerprint density at radius 1 is 1.25 bits per heavy atom. The third-order valence-corrected chi connectivity index (χ3v) is 5.48. The van der Waals surface area contributed by atoms with Crippen molar-refractivity contribution in [3.63, 3.8) is 0 Å². The van der Waals surface area contributed by atoms with Crippen LogP contribution in [0.5, 0.6) is 11.5 Å². The highest BCUT2D eigenvalue weighted by molar-refractivity contribution is 5.50. The second kappa shape index (κ2) is 6.54. The minimum atomic E-state index is -1.12. The molecule has 0 aromatic heterocycles. The van der Waals surface area contributed by atoms with E-state index in [1.807, 2.05) is 12.1 Å². The highest BCUT2D eigenvalue weighted by atomic mass is 16.5. The molecule has 5 heteroatoms. The van der Waals surface area contributed by atoms with Gasteiger partial charge in [-0.25, -0.2) is 0 Å². The average molecular weight is 335 g/mol. The Balaban J connectivity index is 1.96. The van der Waals surface area contributed by atoms with E-state index in [1.165, 1.54) is 0 Å². The van der Waals surface area contributed by atoms with Crippen molar-refractivity contribution in [2.24, 2.45) is 11.8 Å². The van der Waals surface area contributed by atoms with E-state index in [0.29, 0.717) is 23.8 Å². The molecule has 0 saturated carbocycles. The van der Waals surface area contributed by atoms with Crippen LogP contribution in [0.4, 0.5) is 0 Å². The largest absolute Gasteiger partial charge is 0.493 e. The SMILES string of the molecule is COc1cc2c(cc1OC)C1(O)CC(O)C(CC(C)C)CN1CC2. The summed E-state index contributed by atoms with van der Waals surface area (Å²) < 4.78 is 10.8. The van der Waals surface area contributed by atoms with Crippen molar-refractivity contribution in [3.05, 3.63) is 23.3 Å². The molecular weight excluding hydrogens is 306 g/mol. The number of methoxy groups -OCH3 is 2. The van der Waals surface area contributed by atoms with Crippen LogP contribution < -0.4 is 9.47 Å².